The molecular formula is C15H26N4O2. The lowest BCUT2D eigenvalue weighted by Crippen LogP contribution is -2.58. The van der Waals surface area contributed by atoms with Crippen molar-refractivity contribution in [2.75, 3.05) is 52.9 Å². The van der Waals surface area contributed by atoms with Crippen LogP contribution in [0.5, 0.6) is 0 Å². The van der Waals surface area contributed by atoms with E-state index in [1.807, 2.05) is 9.80 Å². The van der Waals surface area contributed by atoms with Crippen molar-refractivity contribution in [3.8, 4) is 0 Å². The standard InChI is InChI=1S/C15H26N4O2/c1-17-6-8-18(9-7-17)15(21)11-19-13-4-5-16-10-12(13)2-3-14(19)20/h12-13,16H,2-11H2,1H3. The van der Waals surface area contributed by atoms with Gasteiger partial charge >= 0.3 is 0 Å². The zero-order valence-electron chi connectivity index (χ0n) is 12.9. The van der Waals surface area contributed by atoms with Gasteiger partial charge in [0, 0.05) is 38.6 Å². The van der Waals surface area contributed by atoms with Gasteiger partial charge in [-0.05, 0) is 38.9 Å². The Kier molecular flexibility index (Phi) is 4.45. The Bertz CT molecular complexity index is 406. The Morgan fingerprint density at radius 3 is 2.76 bits per heavy atom. The second-order valence-electron chi connectivity index (χ2n) is 6.56. The highest BCUT2D eigenvalue weighted by atomic mass is 16.2. The summed E-state index contributed by atoms with van der Waals surface area (Å²) >= 11 is 0. The number of nitrogens with one attached hydrogen (secondary N) is 1. The second-order valence-corrected chi connectivity index (χ2v) is 6.56. The van der Waals surface area contributed by atoms with E-state index in [0.29, 0.717) is 12.3 Å². The van der Waals surface area contributed by atoms with E-state index in [1.165, 1.54) is 0 Å². The summed E-state index contributed by atoms with van der Waals surface area (Å²) in [6, 6.07) is 0.268. The van der Waals surface area contributed by atoms with Crippen LogP contribution in [0.15, 0.2) is 0 Å². The Balaban J connectivity index is 1.61. The van der Waals surface area contributed by atoms with Crippen LogP contribution in [0.25, 0.3) is 0 Å². The lowest BCUT2D eigenvalue weighted by Gasteiger charge is -2.44. The number of carbonyl (C=O) groups excluding carboxylic acids is 2. The third kappa shape index (κ3) is 3.21. The molecule has 2 atom stereocenters. The summed E-state index contributed by atoms with van der Waals surface area (Å²) < 4.78 is 0. The van der Waals surface area contributed by atoms with Crippen molar-refractivity contribution in [2.45, 2.75) is 25.3 Å². The maximum Gasteiger partial charge on any atom is 0.242 e. The molecule has 3 rings (SSSR count). The Morgan fingerprint density at radius 2 is 2.00 bits per heavy atom. The first-order chi connectivity index (χ1) is 10.1. The van der Waals surface area contributed by atoms with Crippen molar-refractivity contribution >= 4 is 11.8 Å². The molecule has 0 bridgehead atoms. The smallest absolute Gasteiger partial charge is 0.242 e. The molecule has 0 spiro atoms. The molecule has 0 aromatic rings. The molecule has 6 nitrogen and oxygen atoms in total. The molecule has 3 aliphatic rings. The van der Waals surface area contributed by atoms with Crippen LogP contribution in [0, 0.1) is 5.92 Å². The SMILES string of the molecule is CN1CCN(C(=O)CN2C(=O)CCC3CNCCC32)CC1. The number of carbonyl (C=O) groups is 2. The third-order valence-corrected chi connectivity index (χ3v) is 5.18. The van der Waals surface area contributed by atoms with Crippen molar-refractivity contribution in [2.24, 2.45) is 5.92 Å². The zero-order chi connectivity index (χ0) is 14.8. The molecule has 118 valence electrons. The maximum atomic E-state index is 12.5. The summed E-state index contributed by atoms with van der Waals surface area (Å²) in [7, 11) is 2.08. The average Bonchev–Trinajstić information content (AvgIpc) is 2.51. The van der Waals surface area contributed by atoms with Crippen LogP contribution < -0.4 is 5.32 Å². The number of hydrogen-bond donors (Lipinski definition) is 1. The quantitative estimate of drug-likeness (QED) is 0.736. The Hall–Kier alpha value is -1.14. The van der Waals surface area contributed by atoms with E-state index in [2.05, 4.69) is 17.3 Å². The van der Waals surface area contributed by atoms with Gasteiger partial charge in [0.15, 0.2) is 0 Å². The largest absolute Gasteiger partial charge is 0.339 e. The molecule has 0 aliphatic carbocycles. The summed E-state index contributed by atoms with van der Waals surface area (Å²) in [6.45, 7) is 5.64. The van der Waals surface area contributed by atoms with E-state index in [-0.39, 0.29) is 24.4 Å². The number of likely N-dealkylation sites (N-methyl/N-ethyl adjacent to an activating group) is 1. The molecule has 2 unspecified atom stereocenters. The highest BCUT2D eigenvalue weighted by Crippen LogP contribution is 2.28. The zero-order valence-corrected chi connectivity index (χ0v) is 12.9. The van der Waals surface area contributed by atoms with Gasteiger partial charge in [-0.15, -0.1) is 0 Å². The molecule has 3 fully saturated rings. The van der Waals surface area contributed by atoms with Crippen molar-refractivity contribution in [3.05, 3.63) is 0 Å². The van der Waals surface area contributed by atoms with Crippen LogP contribution in [-0.2, 0) is 9.59 Å². The number of rotatable bonds is 2. The van der Waals surface area contributed by atoms with Crippen molar-refractivity contribution in [1.29, 1.82) is 0 Å². The fourth-order valence-electron chi connectivity index (χ4n) is 3.76. The minimum absolute atomic E-state index is 0.121. The number of fused-ring (bicyclic) bond motifs is 1. The van der Waals surface area contributed by atoms with E-state index in [0.717, 1.165) is 52.1 Å². The van der Waals surface area contributed by atoms with Crippen molar-refractivity contribution < 1.29 is 9.59 Å². The number of piperidine rings is 2. The number of likely N-dealkylation sites (tertiary alicyclic amines) is 1. The van der Waals surface area contributed by atoms with Gasteiger partial charge in [0.2, 0.25) is 11.8 Å². The average molecular weight is 294 g/mol. The van der Waals surface area contributed by atoms with Gasteiger partial charge in [0.05, 0.1) is 0 Å². The van der Waals surface area contributed by atoms with E-state index < -0.39 is 0 Å². The summed E-state index contributed by atoms with van der Waals surface area (Å²) in [5, 5.41) is 3.40. The fraction of sp³-hybridized carbons (Fsp3) is 0.867. The summed E-state index contributed by atoms with van der Waals surface area (Å²) in [5.41, 5.74) is 0. The molecule has 6 heteroatoms. The van der Waals surface area contributed by atoms with E-state index in [1.54, 1.807) is 0 Å². The molecule has 3 aliphatic heterocycles. The Labute approximate surface area is 126 Å². The van der Waals surface area contributed by atoms with Gasteiger partial charge < -0.3 is 20.0 Å². The van der Waals surface area contributed by atoms with E-state index in [4.69, 9.17) is 0 Å². The number of nitrogens with zero attached hydrogens (tertiary/aromatic N) is 3. The molecule has 0 aromatic carbocycles. The minimum Gasteiger partial charge on any atom is -0.339 e. The summed E-state index contributed by atoms with van der Waals surface area (Å²) in [6.07, 6.45) is 2.54. The topological polar surface area (TPSA) is 55.9 Å². The molecule has 2 amide bonds. The third-order valence-electron chi connectivity index (χ3n) is 5.18. The fourth-order valence-corrected chi connectivity index (χ4v) is 3.76. The van der Waals surface area contributed by atoms with Crippen molar-refractivity contribution in [1.82, 2.24) is 20.0 Å². The van der Waals surface area contributed by atoms with Crippen LogP contribution in [0.1, 0.15) is 19.3 Å². The first-order valence-electron chi connectivity index (χ1n) is 8.11. The molecule has 0 radical (unpaired) electrons. The lowest BCUT2D eigenvalue weighted by atomic mass is 9.84. The van der Waals surface area contributed by atoms with Crippen LogP contribution in [-0.4, -0.2) is 85.4 Å². The first-order valence-corrected chi connectivity index (χ1v) is 8.11. The molecular weight excluding hydrogens is 268 g/mol. The van der Waals surface area contributed by atoms with Gasteiger partial charge in [0.25, 0.3) is 0 Å². The molecule has 3 heterocycles. The van der Waals surface area contributed by atoms with Crippen molar-refractivity contribution in [3.63, 3.8) is 0 Å². The van der Waals surface area contributed by atoms with Gasteiger partial charge in [-0.1, -0.05) is 0 Å². The molecule has 21 heavy (non-hydrogen) atoms. The second kappa shape index (κ2) is 6.32. The number of hydrogen-bond acceptors (Lipinski definition) is 4. The number of piperazine rings is 1. The van der Waals surface area contributed by atoms with Crippen LogP contribution in [0.2, 0.25) is 0 Å². The lowest BCUT2D eigenvalue weighted by molar-refractivity contribution is -0.147. The molecule has 0 aromatic heterocycles. The maximum absolute atomic E-state index is 12.5. The number of amides is 2. The predicted molar refractivity (Wildman–Crippen MR) is 79.8 cm³/mol. The monoisotopic (exact) mass is 294 g/mol. The summed E-state index contributed by atoms with van der Waals surface area (Å²) in [4.78, 5) is 30.8. The highest BCUT2D eigenvalue weighted by Gasteiger charge is 2.38. The molecule has 1 N–H and O–H groups in total. The summed E-state index contributed by atoms with van der Waals surface area (Å²) in [5.74, 6) is 0.813. The minimum atomic E-state index is 0.121. The van der Waals surface area contributed by atoms with E-state index in [9.17, 15) is 9.59 Å². The predicted octanol–water partition coefficient (Wildman–Crippen LogP) is -0.639. The highest BCUT2D eigenvalue weighted by molar-refractivity contribution is 5.85. The first kappa shape index (κ1) is 14.8. The van der Waals surface area contributed by atoms with Crippen LogP contribution in [0.4, 0.5) is 0 Å². The van der Waals surface area contributed by atoms with E-state index >= 15 is 0 Å². The van der Waals surface area contributed by atoms with Gasteiger partial charge in [-0.3, -0.25) is 9.59 Å². The Morgan fingerprint density at radius 1 is 1.24 bits per heavy atom. The van der Waals surface area contributed by atoms with Crippen LogP contribution in [0.3, 0.4) is 0 Å². The van der Waals surface area contributed by atoms with Gasteiger partial charge in [0.1, 0.15) is 6.54 Å². The normalized spacial score (nSPS) is 31.2. The molecule has 0 saturated carbocycles. The van der Waals surface area contributed by atoms with Gasteiger partial charge in [-0.2, -0.15) is 0 Å². The van der Waals surface area contributed by atoms with Gasteiger partial charge in [-0.25, -0.2) is 0 Å². The molecule has 3 saturated heterocycles. The van der Waals surface area contributed by atoms with Crippen LogP contribution >= 0.6 is 0 Å².